The van der Waals surface area contributed by atoms with Crippen LogP contribution in [0.15, 0.2) is 36.4 Å². The molecule has 0 aromatic heterocycles. The van der Waals surface area contributed by atoms with Gasteiger partial charge in [0.15, 0.2) is 0 Å². The molecular formula is C22H19F9N2O. The van der Waals surface area contributed by atoms with E-state index in [-0.39, 0.29) is 18.5 Å². The number of halogens is 9. The van der Waals surface area contributed by atoms with Gasteiger partial charge in [0.1, 0.15) is 0 Å². The Morgan fingerprint density at radius 3 is 1.79 bits per heavy atom. The number of amides is 1. The van der Waals surface area contributed by atoms with E-state index in [4.69, 9.17) is 0 Å². The Labute approximate surface area is 188 Å². The molecule has 0 bridgehead atoms. The Morgan fingerprint density at radius 1 is 0.735 bits per heavy atom. The van der Waals surface area contributed by atoms with E-state index in [9.17, 15) is 44.3 Å². The molecule has 0 radical (unpaired) electrons. The monoisotopic (exact) mass is 498 g/mol. The molecule has 2 aliphatic heterocycles. The molecule has 2 heterocycles. The Balaban J connectivity index is 0.000000202. The van der Waals surface area contributed by atoms with Crippen LogP contribution in [-0.2, 0) is 43.1 Å². The highest BCUT2D eigenvalue weighted by Crippen LogP contribution is 2.33. The first kappa shape index (κ1) is 25.9. The minimum atomic E-state index is -5.01. The lowest BCUT2D eigenvalue weighted by molar-refractivity contribution is -0.186. The molecule has 0 spiro atoms. The van der Waals surface area contributed by atoms with E-state index in [1.54, 1.807) is 6.07 Å². The molecule has 0 aliphatic carbocycles. The SMILES string of the molecule is FC(F)(F)c1ccc2c(c1)CNCC2.O=C(N1CCc2ccc(C(F)(F)F)cc2C1)C(F)(F)F. The lowest BCUT2D eigenvalue weighted by Crippen LogP contribution is -2.43. The third-order valence-electron chi connectivity index (χ3n) is 5.50. The summed E-state index contributed by atoms with van der Waals surface area (Å²) < 4.78 is 112. The first-order chi connectivity index (χ1) is 15.7. The van der Waals surface area contributed by atoms with Crippen molar-refractivity contribution >= 4 is 5.91 Å². The van der Waals surface area contributed by atoms with E-state index in [0.29, 0.717) is 17.0 Å². The molecule has 4 rings (SSSR count). The van der Waals surface area contributed by atoms with Crippen molar-refractivity contribution in [3.63, 3.8) is 0 Å². The first-order valence-corrected chi connectivity index (χ1v) is 10.1. The van der Waals surface area contributed by atoms with Gasteiger partial charge in [0, 0.05) is 19.6 Å². The fraction of sp³-hybridized carbons (Fsp3) is 0.409. The van der Waals surface area contributed by atoms with Crippen LogP contribution in [-0.4, -0.2) is 30.1 Å². The number of fused-ring (bicyclic) bond motifs is 2. The normalized spacial score (nSPS) is 16.2. The predicted octanol–water partition coefficient (Wildman–Crippen LogP) is 5.50. The quantitative estimate of drug-likeness (QED) is 0.487. The molecule has 0 unspecified atom stereocenters. The van der Waals surface area contributed by atoms with Gasteiger partial charge in [-0.1, -0.05) is 12.1 Å². The molecule has 0 fully saturated rings. The molecule has 0 atom stereocenters. The fourth-order valence-corrected chi connectivity index (χ4v) is 3.74. The lowest BCUT2D eigenvalue weighted by Gasteiger charge is -2.29. The smallest absolute Gasteiger partial charge is 0.330 e. The highest BCUT2D eigenvalue weighted by atomic mass is 19.4. The van der Waals surface area contributed by atoms with Crippen molar-refractivity contribution in [2.75, 3.05) is 13.1 Å². The van der Waals surface area contributed by atoms with Crippen molar-refractivity contribution in [2.45, 2.75) is 44.5 Å². The van der Waals surface area contributed by atoms with Crippen molar-refractivity contribution in [1.82, 2.24) is 10.2 Å². The van der Waals surface area contributed by atoms with E-state index >= 15 is 0 Å². The van der Waals surface area contributed by atoms with Crippen LogP contribution in [0.1, 0.15) is 33.4 Å². The van der Waals surface area contributed by atoms with E-state index in [1.165, 1.54) is 12.1 Å². The maximum absolute atomic E-state index is 12.5. The molecule has 186 valence electrons. The summed E-state index contributed by atoms with van der Waals surface area (Å²) in [7, 11) is 0. The van der Waals surface area contributed by atoms with Crippen LogP contribution < -0.4 is 5.32 Å². The second-order valence-electron chi connectivity index (χ2n) is 7.86. The van der Waals surface area contributed by atoms with Gasteiger partial charge in [-0.3, -0.25) is 4.79 Å². The molecule has 12 heteroatoms. The maximum atomic E-state index is 12.5. The summed E-state index contributed by atoms with van der Waals surface area (Å²) in [5, 5.41) is 3.05. The molecule has 34 heavy (non-hydrogen) atoms. The molecule has 3 nitrogen and oxygen atoms in total. The molecule has 0 saturated carbocycles. The van der Waals surface area contributed by atoms with Gasteiger partial charge in [0.25, 0.3) is 0 Å². The van der Waals surface area contributed by atoms with Gasteiger partial charge in [0.2, 0.25) is 0 Å². The van der Waals surface area contributed by atoms with Gasteiger partial charge in [-0.05, 0) is 65.9 Å². The summed E-state index contributed by atoms with van der Waals surface area (Å²) in [6.07, 6.45) is -12.9. The summed E-state index contributed by atoms with van der Waals surface area (Å²) in [4.78, 5) is 11.6. The Bertz CT molecular complexity index is 1040. The molecule has 2 aromatic rings. The number of hydrogen-bond donors (Lipinski definition) is 1. The highest BCUT2D eigenvalue weighted by molar-refractivity contribution is 5.82. The lowest BCUT2D eigenvalue weighted by atomic mass is 9.97. The van der Waals surface area contributed by atoms with E-state index in [1.807, 2.05) is 0 Å². The number of carbonyl (C=O) groups excluding carboxylic acids is 1. The average Bonchev–Trinajstić information content (AvgIpc) is 2.76. The van der Waals surface area contributed by atoms with Crippen molar-refractivity contribution in [3.05, 3.63) is 69.8 Å². The standard InChI is InChI=1S/C12H9F6NO.C10H10F3N/c13-11(14,15)9-2-1-7-3-4-19(6-8(7)5-9)10(20)12(16,17)18;11-10(12,13)9-2-1-7-3-4-14-6-8(7)5-9/h1-2,5H,3-4,6H2;1-2,5,14H,3-4,6H2. The van der Waals surface area contributed by atoms with E-state index in [2.05, 4.69) is 5.32 Å². The summed E-state index contributed by atoms with van der Waals surface area (Å²) in [5.74, 6) is -2.03. The number of hydrogen-bond acceptors (Lipinski definition) is 2. The van der Waals surface area contributed by atoms with Crippen molar-refractivity contribution in [2.24, 2.45) is 0 Å². The molecule has 2 aromatic carbocycles. The second-order valence-corrected chi connectivity index (χ2v) is 7.86. The van der Waals surface area contributed by atoms with Gasteiger partial charge in [-0.25, -0.2) is 0 Å². The molecule has 1 amide bonds. The zero-order valence-corrected chi connectivity index (χ0v) is 17.5. The topological polar surface area (TPSA) is 32.3 Å². The minimum absolute atomic E-state index is 0.101. The van der Waals surface area contributed by atoms with Gasteiger partial charge in [-0.2, -0.15) is 39.5 Å². The van der Waals surface area contributed by atoms with Gasteiger partial charge in [-0.15, -0.1) is 0 Å². The predicted molar refractivity (Wildman–Crippen MR) is 103 cm³/mol. The van der Waals surface area contributed by atoms with Crippen molar-refractivity contribution in [3.8, 4) is 0 Å². The third-order valence-corrected chi connectivity index (χ3v) is 5.50. The summed E-state index contributed by atoms with van der Waals surface area (Å²) in [6.45, 7) is 0.770. The average molecular weight is 498 g/mol. The number of benzene rings is 2. The molecular weight excluding hydrogens is 479 g/mol. The van der Waals surface area contributed by atoms with Crippen LogP contribution in [0.25, 0.3) is 0 Å². The second kappa shape index (κ2) is 9.47. The fourth-order valence-electron chi connectivity index (χ4n) is 3.74. The number of nitrogens with zero attached hydrogens (tertiary/aromatic N) is 1. The molecule has 1 N–H and O–H groups in total. The van der Waals surface area contributed by atoms with Crippen LogP contribution in [0.5, 0.6) is 0 Å². The maximum Gasteiger partial charge on any atom is 0.471 e. The summed E-state index contributed by atoms with van der Waals surface area (Å²) in [5.41, 5.74) is 0.938. The molecule has 0 saturated heterocycles. The van der Waals surface area contributed by atoms with Gasteiger partial charge >= 0.3 is 24.4 Å². The van der Waals surface area contributed by atoms with Crippen LogP contribution in [0.4, 0.5) is 39.5 Å². The zero-order valence-electron chi connectivity index (χ0n) is 17.5. The van der Waals surface area contributed by atoms with Crippen LogP contribution >= 0.6 is 0 Å². The zero-order chi connectivity index (χ0) is 25.3. The number of nitrogens with one attached hydrogen (secondary N) is 1. The Hall–Kier alpha value is -2.76. The largest absolute Gasteiger partial charge is 0.471 e. The Kier molecular flexibility index (Phi) is 7.20. The summed E-state index contributed by atoms with van der Waals surface area (Å²) in [6, 6.07) is 6.91. The third kappa shape index (κ3) is 6.22. The number of carbonyl (C=O) groups is 1. The van der Waals surface area contributed by atoms with Gasteiger partial charge in [0.05, 0.1) is 11.1 Å². The van der Waals surface area contributed by atoms with E-state index < -0.39 is 42.1 Å². The van der Waals surface area contributed by atoms with E-state index in [0.717, 1.165) is 42.3 Å². The highest BCUT2D eigenvalue weighted by Gasteiger charge is 2.43. The minimum Gasteiger partial charge on any atom is -0.330 e. The van der Waals surface area contributed by atoms with Crippen molar-refractivity contribution < 1.29 is 44.3 Å². The van der Waals surface area contributed by atoms with Crippen LogP contribution in [0.2, 0.25) is 0 Å². The van der Waals surface area contributed by atoms with Crippen LogP contribution in [0, 0.1) is 0 Å². The van der Waals surface area contributed by atoms with Gasteiger partial charge < -0.3 is 10.2 Å². The van der Waals surface area contributed by atoms with Crippen LogP contribution in [0.3, 0.4) is 0 Å². The first-order valence-electron chi connectivity index (χ1n) is 10.1. The van der Waals surface area contributed by atoms with Crippen molar-refractivity contribution in [1.29, 1.82) is 0 Å². The number of alkyl halides is 9. The number of rotatable bonds is 0. The summed E-state index contributed by atoms with van der Waals surface area (Å²) >= 11 is 0. The molecule has 2 aliphatic rings. The Morgan fingerprint density at radius 2 is 1.26 bits per heavy atom.